The predicted octanol–water partition coefficient (Wildman–Crippen LogP) is 1.83. The van der Waals surface area contributed by atoms with Crippen LogP contribution in [0.15, 0.2) is 24.3 Å². The summed E-state index contributed by atoms with van der Waals surface area (Å²) in [5, 5.41) is 2.55. The van der Waals surface area contributed by atoms with E-state index < -0.39 is 38.9 Å². The third kappa shape index (κ3) is 4.36. The molecule has 0 aliphatic carbocycles. The summed E-state index contributed by atoms with van der Waals surface area (Å²) in [4.78, 5) is 26.9. The van der Waals surface area contributed by atoms with Crippen molar-refractivity contribution >= 4 is 27.3 Å². The number of rotatable bonds is 5. The van der Waals surface area contributed by atoms with E-state index in [1.165, 1.54) is 43.0 Å². The Morgan fingerprint density at radius 1 is 1.36 bits per heavy atom. The molecule has 6 nitrogen and oxygen atoms in total. The molecule has 1 unspecified atom stereocenters. The first-order valence-corrected chi connectivity index (χ1v) is 9.97. The number of nitrogens with one attached hydrogen (secondary N) is 1. The van der Waals surface area contributed by atoms with Gasteiger partial charge in [-0.2, -0.15) is 0 Å². The standard InChI is InChI=1S/C17H23FN2O4S/c1-4-20(14-8-9-25(23,24)11-14)16(22)17(2,3)15(21)19-13-7-5-6-12(18)10-13/h5-7,10,14H,4,8-9,11H2,1-3H3,(H,19,21). The molecule has 1 aliphatic rings. The van der Waals surface area contributed by atoms with E-state index >= 15 is 0 Å². The summed E-state index contributed by atoms with van der Waals surface area (Å²) in [7, 11) is -3.14. The lowest BCUT2D eigenvalue weighted by molar-refractivity contribution is -0.147. The number of amides is 2. The molecular weight excluding hydrogens is 347 g/mol. The van der Waals surface area contributed by atoms with E-state index in [1.54, 1.807) is 6.92 Å². The normalized spacial score (nSPS) is 19.4. The van der Waals surface area contributed by atoms with Crippen molar-refractivity contribution in [3.05, 3.63) is 30.1 Å². The molecule has 1 heterocycles. The molecule has 0 saturated carbocycles. The molecule has 138 valence electrons. The smallest absolute Gasteiger partial charge is 0.239 e. The average molecular weight is 370 g/mol. The Bertz CT molecular complexity index is 777. The lowest BCUT2D eigenvalue weighted by atomic mass is 9.89. The highest BCUT2D eigenvalue weighted by Crippen LogP contribution is 2.26. The van der Waals surface area contributed by atoms with Gasteiger partial charge in [0.15, 0.2) is 9.84 Å². The monoisotopic (exact) mass is 370 g/mol. The van der Waals surface area contributed by atoms with Crippen LogP contribution in [0.1, 0.15) is 27.2 Å². The minimum atomic E-state index is -3.14. The largest absolute Gasteiger partial charge is 0.338 e. The van der Waals surface area contributed by atoms with Gasteiger partial charge < -0.3 is 10.2 Å². The SMILES string of the molecule is CCN(C(=O)C(C)(C)C(=O)Nc1cccc(F)c1)C1CCS(=O)(=O)C1. The van der Waals surface area contributed by atoms with E-state index in [9.17, 15) is 22.4 Å². The summed E-state index contributed by atoms with van der Waals surface area (Å²) in [5.41, 5.74) is -1.15. The molecule has 1 aromatic rings. The lowest BCUT2D eigenvalue weighted by Crippen LogP contribution is -2.51. The topological polar surface area (TPSA) is 83.6 Å². The van der Waals surface area contributed by atoms with Crippen molar-refractivity contribution in [3.63, 3.8) is 0 Å². The van der Waals surface area contributed by atoms with Gasteiger partial charge in [0.05, 0.1) is 11.5 Å². The van der Waals surface area contributed by atoms with Gasteiger partial charge in [0, 0.05) is 18.3 Å². The molecule has 1 aliphatic heterocycles. The number of nitrogens with zero attached hydrogens (tertiary/aromatic N) is 1. The molecular formula is C17H23FN2O4S. The zero-order chi connectivity index (χ0) is 18.8. The van der Waals surface area contributed by atoms with Crippen LogP contribution in [0.2, 0.25) is 0 Å². The molecule has 2 amide bonds. The predicted molar refractivity (Wildman–Crippen MR) is 93.3 cm³/mol. The van der Waals surface area contributed by atoms with Crippen molar-refractivity contribution < 1.29 is 22.4 Å². The fraction of sp³-hybridized carbons (Fsp3) is 0.529. The van der Waals surface area contributed by atoms with Crippen LogP contribution in [0, 0.1) is 11.2 Å². The summed E-state index contributed by atoms with van der Waals surface area (Å²) in [6, 6.07) is 5.00. The van der Waals surface area contributed by atoms with Crippen molar-refractivity contribution in [3.8, 4) is 0 Å². The van der Waals surface area contributed by atoms with Crippen molar-refractivity contribution in [2.75, 3.05) is 23.4 Å². The molecule has 1 atom stereocenters. The van der Waals surface area contributed by atoms with E-state index in [0.717, 1.165) is 0 Å². The van der Waals surface area contributed by atoms with Gasteiger partial charge >= 0.3 is 0 Å². The Morgan fingerprint density at radius 2 is 2.04 bits per heavy atom. The Balaban J connectivity index is 2.15. The van der Waals surface area contributed by atoms with E-state index in [4.69, 9.17) is 0 Å². The molecule has 0 bridgehead atoms. The summed E-state index contributed by atoms with van der Waals surface area (Å²) >= 11 is 0. The summed E-state index contributed by atoms with van der Waals surface area (Å²) in [6.07, 6.45) is 0.378. The number of carbonyl (C=O) groups is 2. The highest BCUT2D eigenvalue weighted by atomic mass is 32.2. The van der Waals surface area contributed by atoms with Gasteiger partial charge in [-0.3, -0.25) is 9.59 Å². The molecule has 1 aromatic carbocycles. The van der Waals surface area contributed by atoms with E-state index in [1.807, 2.05) is 0 Å². The summed E-state index contributed by atoms with van der Waals surface area (Å²) in [6.45, 7) is 5.03. The van der Waals surface area contributed by atoms with Crippen LogP contribution in [0.4, 0.5) is 10.1 Å². The Kier molecular flexibility index (Phi) is 5.51. The van der Waals surface area contributed by atoms with Crippen LogP contribution >= 0.6 is 0 Å². The summed E-state index contributed by atoms with van der Waals surface area (Å²) in [5.74, 6) is -1.52. The second-order valence-electron chi connectivity index (χ2n) is 6.74. The number of halogens is 1. The molecule has 1 saturated heterocycles. The zero-order valence-electron chi connectivity index (χ0n) is 14.6. The van der Waals surface area contributed by atoms with Gasteiger partial charge in [-0.1, -0.05) is 6.07 Å². The van der Waals surface area contributed by atoms with Crippen LogP contribution in [-0.4, -0.2) is 49.2 Å². The first-order chi connectivity index (χ1) is 11.6. The third-order valence-corrected chi connectivity index (χ3v) is 6.19. The third-order valence-electron chi connectivity index (χ3n) is 4.44. The van der Waals surface area contributed by atoms with Gasteiger partial charge in [0.25, 0.3) is 0 Å². The number of hydrogen-bond acceptors (Lipinski definition) is 4. The second kappa shape index (κ2) is 7.11. The first kappa shape index (κ1) is 19.4. The van der Waals surface area contributed by atoms with Gasteiger partial charge in [0.1, 0.15) is 11.2 Å². The second-order valence-corrected chi connectivity index (χ2v) is 8.97. The molecule has 0 aromatic heterocycles. The van der Waals surface area contributed by atoms with Crippen LogP contribution in [0.25, 0.3) is 0 Å². The fourth-order valence-electron chi connectivity index (χ4n) is 2.90. The highest BCUT2D eigenvalue weighted by molar-refractivity contribution is 7.91. The van der Waals surface area contributed by atoms with Gasteiger partial charge in [-0.05, 0) is 45.4 Å². The Morgan fingerprint density at radius 3 is 2.56 bits per heavy atom. The Hall–Kier alpha value is -1.96. The number of carbonyl (C=O) groups excluding carboxylic acids is 2. The zero-order valence-corrected chi connectivity index (χ0v) is 15.4. The maximum atomic E-state index is 13.2. The maximum absolute atomic E-state index is 13.2. The molecule has 0 spiro atoms. The molecule has 8 heteroatoms. The van der Waals surface area contributed by atoms with Crippen LogP contribution in [0.5, 0.6) is 0 Å². The molecule has 25 heavy (non-hydrogen) atoms. The van der Waals surface area contributed by atoms with Crippen molar-refractivity contribution in [1.29, 1.82) is 0 Å². The fourth-order valence-corrected chi connectivity index (χ4v) is 4.63. The molecule has 2 rings (SSSR count). The van der Waals surface area contributed by atoms with Crippen LogP contribution < -0.4 is 5.32 Å². The van der Waals surface area contributed by atoms with E-state index in [-0.39, 0.29) is 17.2 Å². The first-order valence-electron chi connectivity index (χ1n) is 8.15. The van der Waals surface area contributed by atoms with Gasteiger partial charge in [0.2, 0.25) is 11.8 Å². The number of sulfone groups is 1. The Labute approximate surface area is 147 Å². The highest BCUT2D eigenvalue weighted by Gasteiger charge is 2.43. The van der Waals surface area contributed by atoms with E-state index in [0.29, 0.717) is 13.0 Å². The van der Waals surface area contributed by atoms with Crippen LogP contribution in [0.3, 0.4) is 0 Å². The summed E-state index contributed by atoms with van der Waals surface area (Å²) < 4.78 is 36.6. The molecule has 0 radical (unpaired) electrons. The van der Waals surface area contributed by atoms with Crippen molar-refractivity contribution in [2.45, 2.75) is 33.2 Å². The van der Waals surface area contributed by atoms with Crippen LogP contribution in [-0.2, 0) is 19.4 Å². The lowest BCUT2D eigenvalue weighted by Gasteiger charge is -2.34. The number of anilines is 1. The number of benzene rings is 1. The average Bonchev–Trinajstić information content (AvgIpc) is 2.87. The van der Waals surface area contributed by atoms with Gasteiger partial charge in [-0.15, -0.1) is 0 Å². The molecule has 1 N–H and O–H groups in total. The number of hydrogen-bond donors (Lipinski definition) is 1. The minimum Gasteiger partial charge on any atom is -0.338 e. The van der Waals surface area contributed by atoms with Gasteiger partial charge in [-0.25, -0.2) is 12.8 Å². The minimum absolute atomic E-state index is 0.0529. The van der Waals surface area contributed by atoms with Crippen molar-refractivity contribution in [1.82, 2.24) is 4.90 Å². The maximum Gasteiger partial charge on any atom is 0.239 e. The van der Waals surface area contributed by atoms with E-state index in [2.05, 4.69) is 5.32 Å². The molecule has 1 fully saturated rings. The quantitative estimate of drug-likeness (QED) is 0.802. The van der Waals surface area contributed by atoms with Crippen molar-refractivity contribution in [2.24, 2.45) is 5.41 Å².